The first-order chi connectivity index (χ1) is 14.4. The van der Waals surface area contributed by atoms with E-state index in [0.29, 0.717) is 28.6 Å². The van der Waals surface area contributed by atoms with Crippen LogP contribution in [0.15, 0.2) is 30.5 Å². The number of nitrogens with zero attached hydrogens (tertiary/aromatic N) is 3. The number of fused-ring (bicyclic) bond motifs is 6. The normalized spacial score (nSPS) is 34.6. The number of hydrogen-bond acceptors (Lipinski definition) is 8. The lowest BCUT2D eigenvalue weighted by atomic mass is 9.66. The van der Waals surface area contributed by atoms with Gasteiger partial charge < -0.3 is 14.0 Å². The number of ether oxygens (including phenoxy) is 1. The molecule has 30 heavy (non-hydrogen) atoms. The Hall–Kier alpha value is -2.51. The van der Waals surface area contributed by atoms with Crippen molar-refractivity contribution < 1.29 is 23.6 Å². The van der Waals surface area contributed by atoms with Crippen molar-refractivity contribution in [3.8, 4) is 6.07 Å². The molecule has 2 unspecified atom stereocenters. The Kier molecular flexibility index (Phi) is 4.21. The highest BCUT2D eigenvalue weighted by Gasteiger charge is 2.76. The Morgan fingerprint density at radius 2 is 2.13 bits per heavy atom. The van der Waals surface area contributed by atoms with Gasteiger partial charge >= 0.3 is 0 Å². The molecule has 0 saturated carbocycles. The second-order valence-corrected chi connectivity index (χ2v) is 8.52. The number of rotatable bonds is 4. The van der Waals surface area contributed by atoms with Gasteiger partial charge in [0.2, 0.25) is 11.8 Å². The van der Waals surface area contributed by atoms with Gasteiger partial charge in [0.25, 0.3) is 0 Å². The molecule has 0 aliphatic carbocycles. The maximum Gasteiger partial charge on any atom is 0.240 e. The van der Waals surface area contributed by atoms with Gasteiger partial charge in [-0.1, -0.05) is 0 Å². The lowest BCUT2D eigenvalue weighted by Gasteiger charge is -2.33. The number of aliphatic hydroxyl groups excluding tert-OH is 1. The lowest BCUT2D eigenvalue weighted by molar-refractivity contribution is -0.133. The second kappa shape index (κ2) is 6.49. The number of imide groups is 1. The molecule has 3 aliphatic rings. The third kappa shape index (κ3) is 2.30. The van der Waals surface area contributed by atoms with Crippen LogP contribution in [0.2, 0.25) is 0 Å². The van der Waals surface area contributed by atoms with E-state index in [9.17, 15) is 20.0 Å². The fourth-order valence-corrected chi connectivity index (χ4v) is 5.61. The van der Waals surface area contributed by atoms with Crippen molar-refractivity contribution in [3.05, 3.63) is 36.0 Å². The molecule has 4 heterocycles. The van der Waals surface area contributed by atoms with Crippen LogP contribution in [-0.2, 0) is 18.5 Å². The van der Waals surface area contributed by atoms with Crippen molar-refractivity contribution in [1.82, 2.24) is 4.98 Å². The van der Waals surface area contributed by atoms with Gasteiger partial charge in [-0.15, -0.1) is 0 Å². The minimum Gasteiger partial charge on any atom is -0.390 e. The predicted molar refractivity (Wildman–Crippen MR) is 108 cm³/mol. The summed E-state index contributed by atoms with van der Waals surface area (Å²) in [5.41, 5.74) is -0.951. The molecule has 3 fully saturated rings. The van der Waals surface area contributed by atoms with Gasteiger partial charge in [0.1, 0.15) is 11.7 Å². The minimum absolute atomic E-state index is 0.223. The molecule has 3 aliphatic heterocycles. The number of carbonyl (C=O) groups excluding carboxylic acids is 2. The quantitative estimate of drug-likeness (QED) is 0.436. The Bertz CT molecular complexity index is 1130. The summed E-state index contributed by atoms with van der Waals surface area (Å²) >= 11 is 3.78. The monoisotopic (exact) mass is 425 g/mol. The first-order valence-corrected chi connectivity index (χ1v) is 10.0. The number of hydrogen-bond donors (Lipinski definition) is 2. The van der Waals surface area contributed by atoms with Crippen LogP contribution >= 0.6 is 12.9 Å². The molecule has 1 N–H and O–H groups in total. The third-order valence-electron chi connectivity index (χ3n) is 6.84. The Balaban J connectivity index is 1.65. The molecule has 2 bridgehead atoms. The summed E-state index contributed by atoms with van der Waals surface area (Å²) in [5, 5.41) is 20.6. The fourth-order valence-electron chi connectivity index (χ4n) is 5.52. The molecule has 1 aromatic heterocycles. The van der Waals surface area contributed by atoms with Gasteiger partial charge in [-0.05, 0) is 44.1 Å². The summed E-state index contributed by atoms with van der Waals surface area (Å²) in [4.78, 5) is 32.6. The molecule has 2 amide bonds. The molecule has 0 spiro atoms. The molecular formula is C21H19N3O5S. The van der Waals surface area contributed by atoms with Gasteiger partial charge in [-0.2, -0.15) is 5.26 Å². The molecule has 9 heteroatoms. The summed E-state index contributed by atoms with van der Waals surface area (Å²) < 4.78 is 11.1. The van der Waals surface area contributed by atoms with Crippen molar-refractivity contribution >= 4 is 41.3 Å². The number of aliphatic hydroxyl groups is 1. The van der Waals surface area contributed by atoms with E-state index in [1.54, 1.807) is 37.4 Å². The van der Waals surface area contributed by atoms with E-state index in [1.807, 2.05) is 0 Å². The number of nitriles is 1. The van der Waals surface area contributed by atoms with Crippen LogP contribution in [0.1, 0.15) is 25.3 Å². The van der Waals surface area contributed by atoms with Crippen LogP contribution < -0.4 is 4.90 Å². The zero-order valence-corrected chi connectivity index (χ0v) is 17.0. The minimum atomic E-state index is -1.15. The zero-order chi connectivity index (χ0) is 21.3. The summed E-state index contributed by atoms with van der Waals surface area (Å²) in [7, 11) is 0. The maximum absolute atomic E-state index is 13.6. The van der Waals surface area contributed by atoms with Crippen LogP contribution in [-0.4, -0.2) is 45.8 Å². The van der Waals surface area contributed by atoms with Crippen molar-refractivity contribution in [1.29, 1.82) is 5.26 Å². The van der Waals surface area contributed by atoms with E-state index in [0.717, 1.165) is 0 Å². The van der Waals surface area contributed by atoms with Crippen LogP contribution in [0.3, 0.4) is 0 Å². The average Bonchev–Trinajstić information content (AvgIpc) is 3.28. The summed E-state index contributed by atoms with van der Waals surface area (Å²) in [5.74, 6) is -2.29. The molecule has 5 rings (SSSR count). The molecule has 1 aromatic carbocycles. The highest BCUT2D eigenvalue weighted by Crippen LogP contribution is 2.62. The van der Waals surface area contributed by atoms with Crippen LogP contribution in [0, 0.1) is 23.2 Å². The van der Waals surface area contributed by atoms with E-state index in [-0.39, 0.29) is 18.9 Å². The number of pyridine rings is 1. The average molecular weight is 425 g/mol. The molecule has 3 saturated heterocycles. The second-order valence-electron chi connectivity index (χ2n) is 8.26. The smallest absolute Gasteiger partial charge is 0.240 e. The number of thiol groups is 1. The first kappa shape index (κ1) is 19.5. The van der Waals surface area contributed by atoms with E-state index < -0.39 is 35.0 Å². The largest absolute Gasteiger partial charge is 0.390 e. The van der Waals surface area contributed by atoms with Crippen molar-refractivity contribution in [3.63, 3.8) is 0 Å². The van der Waals surface area contributed by atoms with Crippen LogP contribution in [0.25, 0.3) is 10.9 Å². The predicted octanol–water partition coefficient (Wildman–Crippen LogP) is 1.76. The lowest BCUT2D eigenvalue weighted by Crippen LogP contribution is -2.49. The van der Waals surface area contributed by atoms with Crippen molar-refractivity contribution in [2.24, 2.45) is 11.8 Å². The van der Waals surface area contributed by atoms with Crippen LogP contribution in [0.5, 0.6) is 0 Å². The van der Waals surface area contributed by atoms with E-state index in [1.165, 1.54) is 4.90 Å². The van der Waals surface area contributed by atoms with E-state index >= 15 is 0 Å². The van der Waals surface area contributed by atoms with Gasteiger partial charge in [-0.25, -0.2) is 4.90 Å². The zero-order valence-electron chi connectivity index (χ0n) is 16.1. The number of benzene rings is 1. The summed E-state index contributed by atoms with van der Waals surface area (Å²) in [6.45, 7) is 1.92. The van der Waals surface area contributed by atoms with Gasteiger partial charge in [0.05, 0.1) is 46.9 Å². The topological polar surface area (TPSA) is 113 Å². The van der Waals surface area contributed by atoms with E-state index in [2.05, 4.69) is 24.0 Å². The highest BCUT2D eigenvalue weighted by molar-refractivity contribution is 7.75. The van der Waals surface area contributed by atoms with Crippen molar-refractivity contribution in [2.45, 2.75) is 37.1 Å². The Morgan fingerprint density at radius 1 is 1.37 bits per heavy atom. The Labute approximate surface area is 178 Å². The Morgan fingerprint density at radius 3 is 2.87 bits per heavy atom. The SMILES string of the molecule is CC12OC(CCOS)(C[C@@H]1O)[C@H]1C(=O)N(c3ccc(C#N)c4ncccc34)C(=O)[C@H]12. The van der Waals surface area contributed by atoms with Gasteiger partial charge in [0.15, 0.2) is 0 Å². The molecule has 154 valence electrons. The van der Waals surface area contributed by atoms with E-state index in [4.69, 9.17) is 8.92 Å². The first-order valence-electron chi connectivity index (χ1n) is 9.68. The van der Waals surface area contributed by atoms with Crippen molar-refractivity contribution in [2.75, 3.05) is 11.5 Å². The number of carbonyl (C=O) groups is 2. The number of anilines is 1. The number of aromatic nitrogens is 1. The summed E-state index contributed by atoms with van der Waals surface area (Å²) in [6.07, 6.45) is 1.29. The maximum atomic E-state index is 13.6. The fraction of sp³-hybridized carbons (Fsp3) is 0.429. The van der Waals surface area contributed by atoms with Gasteiger partial charge in [0, 0.05) is 24.4 Å². The van der Waals surface area contributed by atoms with Gasteiger partial charge in [-0.3, -0.25) is 14.6 Å². The summed E-state index contributed by atoms with van der Waals surface area (Å²) in [6, 6.07) is 8.68. The standard InChI is InChI=1S/C21H19N3O5S/c1-20-14(25)9-21(29-20,6-8-28-30)16-15(20)18(26)24(19(16)27)13-5-4-11(10-22)17-12(13)3-2-7-23-17/h2-5,7,14-16,25,30H,6,8-9H2,1H3/t14-,15-,16+,20?,21?/m0/s1. The highest BCUT2D eigenvalue weighted by atomic mass is 32.1. The number of amides is 2. The molecule has 0 radical (unpaired) electrons. The molecule has 8 nitrogen and oxygen atoms in total. The third-order valence-corrected chi connectivity index (χ3v) is 7.02. The molecule has 2 aromatic rings. The van der Waals surface area contributed by atoms with Crippen LogP contribution in [0.4, 0.5) is 5.69 Å². The molecular weight excluding hydrogens is 406 g/mol. The molecule has 5 atom stereocenters.